The predicted octanol–water partition coefficient (Wildman–Crippen LogP) is 2.95. The fourth-order valence-electron chi connectivity index (χ4n) is 2.28. The van der Waals surface area contributed by atoms with Gasteiger partial charge < -0.3 is 15.0 Å². The van der Waals surface area contributed by atoms with Gasteiger partial charge in [-0.2, -0.15) is 0 Å². The Bertz CT molecular complexity index is 542. The molecule has 0 aromatic heterocycles. The molecule has 0 bridgehead atoms. The van der Waals surface area contributed by atoms with E-state index < -0.39 is 6.10 Å². The minimum Gasteiger partial charge on any atom is -0.479 e. The zero-order chi connectivity index (χ0) is 15.4. The minimum absolute atomic E-state index is 0.0325. The van der Waals surface area contributed by atoms with E-state index in [9.17, 15) is 9.59 Å². The SMILES string of the molecule is CCCCN1C(=O)C(C)Oc2ccc(NC(=O)CC)cc21. The Hall–Kier alpha value is -2.04. The summed E-state index contributed by atoms with van der Waals surface area (Å²) in [7, 11) is 0. The first-order chi connectivity index (χ1) is 10.1. The van der Waals surface area contributed by atoms with Gasteiger partial charge in [-0.05, 0) is 31.5 Å². The standard InChI is InChI=1S/C16H22N2O3/c1-4-6-9-18-13-10-12(17-15(19)5-2)7-8-14(13)21-11(3)16(18)20/h7-8,10-11H,4-6,9H2,1-3H3,(H,17,19). The maximum atomic E-state index is 12.3. The van der Waals surface area contributed by atoms with Gasteiger partial charge in [-0.3, -0.25) is 9.59 Å². The summed E-state index contributed by atoms with van der Waals surface area (Å²) in [6.07, 6.45) is 1.90. The van der Waals surface area contributed by atoms with E-state index in [-0.39, 0.29) is 11.8 Å². The van der Waals surface area contributed by atoms with Crippen LogP contribution >= 0.6 is 0 Å². The molecule has 0 spiro atoms. The Morgan fingerprint density at radius 2 is 2.14 bits per heavy atom. The Morgan fingerprint density at radius 1 is 1.38 bits per heavy atom. The van der Waals surface area contributed by atoms with Crippen molar-refractivity contribution in [2.45, 2.75) is 46.1 Å². The van der Waals surface area contributed by atoms with Gasteiger partial charge >= 0.3 is 0 Å². The predicted molar refractivity (Wildman–Crippen MR) is 82.7 cm³/mol. The number of hydrogen-bond donors (Lipinski definition) is 1. The molecule has 0 fully saturated rings. The van der Waals surface area contributed by atoms with Crippen LogP contribution in [0.3, 0.4) is 0 Å². The van der Waals surface area contributed by atoms with Crippen LogP contribution < -0.4 is 15.0 Å². The average Bonchev–Trinajstić information content (AvgIpc) is 2.48. The van der Waals surface area contributed by atoms with Crippen LogP contribution in [-0.4, -0.2) is 24.5 Å². The molecule has 1 aliphatic rings. The first-order valence-corrected chi connectivity index (χ1v) is 7.48. The molecule has 2 rings (SSSR count). The number of hydrogen-bond acceptors (Lipinski definition) is 3. The van der Waals surface area contributed by atoms with Crippen molar-refractivity contribution in [1.82, 2.24) is 0 Å². The smallest absolute Gasteiger partial charge is 0.267 e. The maximum Gasteiger partial charge on any atom is 0.267 e. The van der Waals surface area contributed by atoms with E-state index in [4.69, 9.17) is 4.74 Å². The lowest BCUT2D eigenvalue weighted by Gasteiger charge is -2.33. The molecule has 5 nitrogen and oxygen atoms in total. The zero-order valence-electron chi connectivity index (χ0n) is 12.8. The van der Waals surface area contributed by atoms with E-state index in [1.807, 2.05) is 12.1 Å². The van der Waals surface area contributed by atoms with Crippen LogP contribution in [-0.2, 0) is 9.59 Å². The van der Waals surface area contributed by atoms with Crippen molar-refractivity contribution in [3.8, 4) is 5.75 Å². The molecule has 1 atom stereocenters. The first-order valence-electron chi connectivity index (χ1n) is 7.48. The van der Waals surface area contributed by atoms with E-state index in [2.05, 4.69) is 12.2 Å². The molecule has 0 saturated carbocycles. The van der Waals surface area contributed by atoms with Crippen LogP contribution in [0, 0.1) is 0 Å². The quantitative estimate of drug-likeness (QED) is 0.907. The van der Waals surface area contributed by atoms with Gasteiger partial charge in [0.1, 0.15) is 5.75 Å². The maximum absolute atomic E-state index is 12.3. The summed E-state index contributed by atoms with van der Waals surface area (Å²) in [5.41, 5.74) is 1.42. The number of carbonyl (C=O) groups excluding carboxylic acids is 2. The number of carbonyl (C=O) groups is 2. The highest BCUT2D eigenvalue weighted by molar-refractivity contribution is 6.01. The molecule has 1 heterocycles. The van der Waals surface area contributed by atoms with Crippen LogP contribution in [0.15, 0.2) is 18.2 Å². The molecule has 1 N–H and O–H groups in total. The second kappa shape index (κ2) is 6.61. The van der Waals surface area contributed by atoms with E-state index in [0.29, 0.717) is 24.4 Å². The molecule has 21 heavy (non-hydrogen) atoms. The zero-order valence-corrected chi connectivity index (χ0v) is 12.8. The van der Waals surface area contributed by atoms with E-state index >= 15 is 0 Å². The van der Waals surface area contributed by atoms with E-state index in [1.165, 1.54) is 0 Å². The highest BCUT2D eigenvalue weighted by Gasteiger charge is 2.31. The topological polar surface area (TPSA) is 58.6 Å². The minimum atomic E-state index is -0.467. The summed E-state index contributed by atoms with van der Waals surface area (Å²) in [5, 5.41) is 2.81. The van der Waals surface area contributed by atoms with Gasteiger partial charge in [0.2, 0.25) is 5.91 Å². The van der Waals surface area contributed by atoms with Gasteiger partial charge in [-0.1, -0.05) is 20.3 Å². The number of nitrogens with one attached hydrogen (secondary N) is 1. The summed E-state index contributed by atoms with van der Waals surface area (Å²) in [4.78, 5) is 25.6. The molecule has 0 radical (unpaired) electrons. The van der Waals surface area contributed by atoms with Crippen molar-refractivity contribution in [3.05, 3.63) is 18.2 Å². The largest absolute Gasteiger partial charge is 0.479 e. The number of benzene rings is 1. The molecule has 1 unspecified atom stereocenters. The monoisotopic (exact) mass is 290 g/mol. The highest BCUT2D eigenvalue weighted by atomic mass is 16.5. The lowest BCUT2D eigenvalue weighted by atomic mass is 10.1. The van der Waals surface area contributed by atoms with E-state index in [1.54, 1.807) is 24.8 Å². The fraction of sp³-hybridized carbons (Fsp3) is 0.500. The molecule has 1 aromatic rings. The Labute approximate surface area is 125 Å². The van der Waals surface area contributed by atoms with Crippen molar-refractivity contribution in [1.29, 1.82) is 0 Å². The van der Waals surface area contributed by atoms with Crippen molar-refractivity contribution < 1.29 is 14.3 Å². The lowest BCUT2D eigenvalue weighted by molar-refractivity contribution is -0.125. The van der Waals surface area contributed by atoms with Crippen LogP contribution in [0.4, 0.5) is 11.4 Å². The van der Waals surface area contributed by atoms with Crippen LogP contribution in [0.25, 0.3) is 0 Å². The molecule has 114 valence electrons. The highest BCUT2D eigenvalue weighted by Crippen LogP contribution is 2.36. The Morgan fingerprint density at radius 3 is 2.81 bits per heavy atom. The second-order valence-electron chi connectivity index (χ2n) is 5.19. The number of rotatable bonds is 5. The number of amides is 2. The summed E-state index contributed by atoms with van der Waals surface area (Å²) < 4.78 is 5.64. The third-order valence-corrected chi connectivity index (χ3v) is 3.51. The average molecular weight is 290 g/mol. The normalized spacial score (nSPS) is 17.2. The van der Waals surface area contributed by atoms with Gasteiger partial charge in [0.05, 0.1) is 5.69 Å². The third kappa shape index (κ3) is 3.35. The van der Waals surface area contributed by atoms with Crippen LogP contribution in [0.2, 0.25) is 0 Å². The molecule has 0 aliphatic carbocycles. The second-order valence-corrected chi connectivity index (χ2v) is 5.19. The summed E-state index contributed by atoms with van der Waals surface area (Å²) in [6.45, 7) is 6.32. The Kier molecular flexibility index (Phi) is 4.83. The van der Waals surface area contributed by atoms with E-state index in [0.717, 1.165) is 18.5 Å². The number of nitrogens with zero attached hydrogens (tertiary/aromatic N) is 1. The van der Waals surface area contributed by atoms with Gasteiger partial charge in [0, 0.05) is 18.7 Å². The van der Waals surface area contributed by atoms with Gasteiger partial charge in [-0.15, -0.1) is 0 Å². The molecule has 5 heteroatoms. The van der Waals surface area contributed by atoms with Crippen molar-refractivity contribution in [2.24, 2.45) is 0 Å². The molecule has 2 amide bonds. The first kappa shape index (κ1) is 15.4. The molecule has 0 saturated heterocycles. The summed E-state index contributed by atoms with van der Waals surface area (Å²) in [6, 6.07) is 5.41. The van der Waals surface area contributed by atoms with Gasteiger partial charge in [-0.25, -0.2) is 0 Å². The summed E-state index contributed by atoms with van der Waals surface area (Å²) in [5.74, 6) is 0.606. The molecule has 1 aliphatic heterocycles. The Balaban J connectivity index is 2.31. The molecule has 1 aromatic carbocycles. The number of anilines is 2. The van der Waals surface area contributed by atoms with Gasteiger partial charge in [0.25, 0.3) is 5.91 Å². The van der Waals surface area contributed by atoms with Crippen molar-refractivity contribution in [3.63, 3.8) is 0 Å². The number of unbranched alkanes of at least 4 members (excludes halogenated alkanes) is 1. The van der Waals surface area contributed by atoms with Crippen LogP contribution in [0.1, 0.15) is 40.0 Å². The summed E-state index contributed by atoms with van der Waals surface area (Å²) >= 11 is 0. The lowest BCUT2D eigenvalue weighted by Crippen LogP contribution is -2.44. The molecular weight excluding hydrogens is 268 g/mol. The van der Waals surface area contributed by atoms with Crippen molar-refractivity contribution in [2.75, 3.05) is 16.8 Å². The molecular formula is C16H22N2O3. The third-order valence-electron chi connectivity index (χ3n) is 3.51. The number of ether oxygens (including phenoxy) is 1. The van der Waals surface area contributed by atoms with Crippen LogP contribution in [0.5, 0.6) is 5.75 Å². The van der Waals surface area contributed by atoms with Crippen molar-refractivity contribution >= 4 is 23.2 Å². The fourth-order valence-corrected chi connectivity index (χ4v) is 2.28. The number of fused-ring (bicyclic) bond motifs is 1. The van der Waals surface area contributed by atoms with Gasteiger partial charge in [0.15, 0.2) is 6.10 Å².